The van der Waals surface area contributed by atoms with E-state index in [1.54, 1.807) is 0 Å². The molecule has 0 spiro atoms. The smallest absolute Gasteiger partial charge is 0.385 e. The van der Waals surface area contributed by atoms with E-state index in [0.29, 0.717) is 19.3 Å². The molecule has 1 aliphatic rings. The molecule has 18 heavy (non-hydrogen) atoms. The van der Waals surface area contributed by atoms with Crippen LogP contribution in [0.2, 0.25) is 0 Å². The number of rotatable bonds is 1. The summed E-state index contributed by atoms with van der Waals surface area (Å²) < 4.78 is 38.6. The standard InChI is InChI=1S/C13H13F3O2/c14-13(15,16)10-6-2-1-4-8(10)9-5-3-7-11(17)12(9)18/h1-2,4,6,9,11,17H,3,5,7H2/t9?,11-/m0/s1. The monoisotopic (exact) mass is 258 g/mol. The van der Waals surface area contributed by atoms with Crippen LogP contribution in [-0.2, 0) is 11.0 Å². The number of aliphatic hydroxyl groups is 1. The first-order chi connectivity index (χ1) is 8.41. The largest absolute Gasteiger partial charge is 0.416 e. The molecule has 0 radical (unpaired) electrons. The third-order valence-electron chi connectivity index (χ3n) is 3.28. The van der Waals surface area contributed by atoms with Crippen LogP contribution in [-0.4, -0.2) is 17.0 Å². The first-order valence-corrected chi connectivity index (χ1v) is 5.79. The van der Waals surface area contributed by atoms with E-state index >= 15 is 0 Å². The molecule has 2 atom stereocenters. The quantitative estimate of drug-likeness (QED) is 0.841. The third-order valence-corrected chi connectivity index (χ3v) is 3.28. The number of carbonyl (C=O) groups excluding carboxylic acids is 1. The summed E-state index contributed by atoms with van der Waals surface area (Å²) in [4.78, 5) is 11.8. The molecule has 1 saturated carbocycles. The average Bonchev–Trinajstić information content (AvgIpc) is 2.32. The SMILES string of the molecule is O=C1C(c2ccccc2C(F)(F)F)CCC[C@@H]1O. The summed E-state index contributed by atoms with van der Waals surface area (Å²) in [6.45, 7) is 0. The molecule has 2 rings (SSSR count). The molecular weight excluding hydrogens is 245 g/mol. The molecule has 0 aliphatic heterocycles. The van der Waals surface area contributed by atoms with Crippen LogP contribution in [0.5, 0.6) is 0 Å². The van der Waals surface area contributed by atoms with Gasteiger partial charge < -0.3 is 5.11 Å². The Labute approximate surface area is 102 Å². The number of ketones is 1. The van der Waals surface area contributed by atoms with Gasteiger partial charge in [-0.25, -0.2) is 0 Å². The van der Waals surface area contributed by atoms with Gasteiger partial charge in [-0.1, -0.05) is 18.2 Å². The third kappa shape index (κ3) is 2.41. The second kappa shape index (κ2) is 4.72. The van der Waals surface area contributed by atoms with Gasteiger partial charge in [-0.2, -0.15) is 13.2 Å². The summed E-state index contributed by atoms with van der Waals surface area (Å²) >= 11 is 0. The minimum Gasteiger partial charge on any atom is -0.385 e. The Morgan fingerprint density at radius 3 is 2.50 bits per heavy atom. The van der Waals surface area contributed by atoms with Gasteiger partial charge in [0.1, 0.15) is 6.10 Å². The maximum absolute atomic E-state index is 12.9. The van der Waals surface area contributed by atoms with Crippen molar-refractivity contribution in [3.05, 3.63) is 35.4 Å². The molecule has 1 unspecified atom stereocenters. The van der Waals surface area contributed by atoms with Crippen molar-refractivity contribution in [3.8, 4) is 0 Å². The van der Waals surface area contributed by atoms with Crippen molar-refractivity contribution in [1.82, 2.24) is 0 Å². The topological polar surface area (TPSA) is 37.3 Å². The molecule has 1 aromatic rings. The van der Waals surface area contributed by atoms with E-state index in [9.17, 15) is 23.1 Å². The average molecular weight is 258 g/mol. The van der Waals surface area contributed by atoms with Gasteiger partial charge in [0, 0.05) is 5.92 Å². The Morgan fingerprint density at radius 2 is 1.83 bits per heavy atom. The Balaban J connectivity index is 2.42. The summed E-state index contributed by atoms with van der Waals surface area (Å²) in [5.41, 5.74) is -0.800. The fourth-order valence-corrected chi connectivity index (χ4v) is 2.40. The molecule has 5 heteroatoms. The number of hydrogen-bond acceptors (Lipinski definition) is 2. The van der Waals surface area contributed by atoms with E-state index in [0.717, 1.165) is 6.07 Å². The van der Waals surface area contributed by atoms with Crippen LogP contribution in [0.15, 0.2) is 24.3 Å². The van der Waals surface area contributed by atoms with E-state index in [2.05, 4.69) is 0 Å². The second-order valence-electron chi connectivity index (χ2n) is 4.49. The predicted molar refractivity (Wildman–Crippen MR) is 59.0 cm³/mol. The summed E-state index contributed by atoms with van der Waals surface area (Å²) in [6, 6.07) is 5.09. The van der Waals surface area contributed by atoms with Crippen molar-refractivity contribution in [2.24, 2.45) is 0 Å². The van der Waals surface area contributed by atoms with Crippen molar-refractivity contribution in [2.45, 2.75) is 37.5 Å². The highest BCUT2D eigenvalue weighted by molar-refractivity contribution is 5.90. The van der Waals surface area contributed by atoms with Crippen LogP contribution in [0, 0.1) is 0 Å². The fraction of sp³-hybridized carbons (Fsp3) is 0.462. The van der Waals surface area contributed by atoms with Crippen molar-refractivity contribution < 1.29 is 23.1 Å². The van der Waals surface area contributed by atoms with E-state index in [-0.39, 0.29) is 5.56 Å². The Hall–Kier alpha value is -1.36. The van der Waals surface area contributed by atoms with Crippen LogP contribution in [0.4, 0.5) is 13.2 Å². The number of aliphatic hydroxyl groups excluding tert-OH is 1. The van der Waals surface area contributed by atoms with Crippen LogP contribution in [0.1, 0.15) is 36.3 Å². The summed E-state index contributed by atoms with van der Waals surface area (Å²) in [7, 11) is 0. The molecule has 1 fully saturated rings. The van der Waals surface area contributed by atoms with Gasteiger partial charge in [-0.05, 0) is 30.9 Å². The lowest BCUT2D eigenvalue weighted by molar-refractivity contribution is -0.139. The fourth-order valence-electron chi connectivity index (χ4n) is 2.40. The highest BCUT2D eigenvalue weighted by Gasteiger charge is 2.39. The molecule has 2 nitrogen and oxygen atoms in total. The first kappa shape index (κ1) is 13.1. The number of benzene rings is 1. The van der Waals surface area contributed by atoms with E-state index < -0.39 is 29.5 Å². The molecule has 0 bridgehead atoms. The second-order valence-corrected chi connectivity index (χ2v) is 4.49. The van der Waals surface area contributed by atoms with Gasteiger partial charge in [0.05, 0.1) is 5.56 Å². The molecule has 0 saturated heterocycles. The Kier molecular flexibility index (Phi) is 3.43. The maximum Gasteiger partial charge on any atom is 0.416 e. The van der Waals surface area contributed by atoms with Crippen LogP contribution in [0.25, 0.3) is 0 Å². The minimum atomic E-state index is -4.47. The molecule has 1 N–H and O–H groups in total. The predicted octanol–water partition coefficient (Wildman–Crippen LogP) is 2.90. The lowest BCUT2D eigenvalue weighted by Crippen LogP contribution is -2.32. The van der Waals surface area contributed by atoms with Crippen LogP contribution in [0.3, 0.4) is 0 Å². The molecule has 0 amide bonds. The highest BCUT2D eigenvalue weighted by atomic mass is 19.4. The Bertz CT molecular complexity index is 454. The summed E-state index contributed by atoms with van der Waals surface area (Å²) in [5, 5.41) is 9.47. The molecule has 98 valence electrons. The summed E-state index contributed by atoms with van der Waals surface area (Å²) in [5.74, 6) is -1.34. The van der Waals surface area contributed by atoms with Crippen molar-refractivity contribution in [3.63, 3.8) is 0 Å². The number of halogens is 3. The van der Waals surface area contributed by atoms with E-state index in [1.807, 2.05) is 0 Å². The number of Topliss-reactive ketones (excluding diaryl/α,β-unsaturated/α-hetero) is 1. The molecule has 1 aromatic carbocycles. The molecule has 0 aromatic heterocycles. The molecule has 0 heterocycles. The van der Waals surface area contributed by atoms with Gasteiger partial charge in [-0.3, -0.25) is 4.79 Å². The minimum absolute atomic E-state index is 0.0197. The number of hydrogen-bond donors (Lipinski definition) is 1. The van der Waals surface area contributed by atoms with Gasteiger partial charge >= 0.3 is 6.18 Å². The van der Waals surface area contributed by atoms with E-state index in [4.69, 9.17) is 0 Å². The van der Waals surface area contributed by atoms with Gasteiger partial charge in [0.25, 0.3) is 0 Å². The molecular formula is C13H13F3O2. The zero-order valence-electron chi connectivity index (χ0n) is 9.57. The normalized spacial score (nSPS) is 25.2. The highest BCUT2D eigenvalue weighted by Crippen LogP contribution is 2.39. The number of carbonyl (C=O) groups is 1. The van der Waals surface area contributed by atoms with Crippen molar-refractivity contribution in [2.75, 3.05) is 0 Å². The van der Waals surface area contributed by atoms with Gasteiger partial charge in [0.2, 0.25) is 0 Å². The number of alkyl halides is 3. The first-order valence-electron chi connectivity index (χ1n) is 5.79. The zero-order valence-corrected chi connectivity index (χ0v) is 9.57. The lowest BCUT2D eigenvalue weighted by Gasteiger charge is -2.26. The van der Waals surface area contributed by atoms with Gasteiger partial charge in [-0.15, -0.1) is 0 Å². The van der Waals surface area contributed by atoms with Crippen molar-refractivity contribution >= 4 is 5.78 Å². The Morgan fingerprint density at radius 1 is 1.17 bits per heavy atom. The van der Waals surface area contributed by atoms with Crippen LogP contribution >= 0.6 is 0 Å². The van der Waals surface area contributed by atoms with E-state index in [1.165, 1.54) is 18.2 Å². The maximum atomic E-state index is 12.9. The zero-order chi connectivity index (χ0) is 13.3. The molecule has 1 aliphatic carbocycles. The van der Waals surface area contributed by atoms with Crippen molar-refractivity contribution in [1.29, 1.82) is 0 Å². The summed E-state index contributed by atoms with van der Waals surface area (Å²) in [6.07, 6.45) is -4.35. The van der Waals surface area contributed by atoms with Crippen LogP contribution < -0.4 is 0 Å². The van der Waals surface area contributed by atoms with Gasteiger partial charge in [0.15, 0.2) is 5.78 Å². The lowest BCUT2D eigenvalue weighted by atomic mass is 9.79.